The van der Waals surface area contributed by atoms with Gasteiger partial charge in [0, 0.05) is 6.04 Å². The highest BCUT2D eigenvalue weighted by Crippen LogP contribution is 2.34. The van der Waals surface area contributed by atoms with Gasteiger partial charge >= 0.3 is 5.97 Å². The van der Waals surface area contributed by atoms with E-state index in [0.717, 1.165) is 45.2 Å². The molecular weight excluding hydrogens is 269 g/mol. The van der Waals surface area contributed by atoms with Gasteiger partial charge < -0.3 is 10.0 Å². The lowest BCUT2D eigenvalue weighted by Crippen LogP contribution is -2.40. The number of carboxylic acids is 1. The molecule has 1 aromatic rings. The molecule has 2 fully saturated rings. The van der Waals surface area contributed by atoms with Crippen molar-refractivity contribution in [2.24, 2.45) is 5.92 Å². The topological polar surface area (TPSA) is 40.5 Å². The van der Waals surface area contributed by atoms with Crippen molar-refractivity contribution in [3.63, 3.8) is 0 Å². The largest absolute Gasteiger partial charge is 0.481 e. The van der Waals surface area contributed by atoms with E-state index >= 15 is 0 Å². The van der Waals surface area contributed by atoms with E-state index in [1.54, 1.807) is 0 Å². The maximum absolute atomic E-state index is 13.0. The SMILES string of the molecule is O=C(O)[C@H]1CC[C@@H](N2CCC(c3ccc(F)cc3)CC2)C1. The summed E-state index contributed by atoms with van der Waals surface area (Å²) < 4.78 is 13.0. The van der Waals surface area contributed by atoms with Crippen LogP contribution in [0.5, 0.6) is 0 Å². The number of hydrogen-bond acceptors (Lipinski definition) is 2. The molecule has 1 saturated heterocycles. The number of benzene rings is 1. The highest BCUT2D eigenvalue weighted by atomic mass is 19.1. The van der Waals surface area contributed by atoms with E-state index in [9.17, 15) is 9.18 Å². The fourth-order valence-electron chi connectivity index (χ4n) is 3.85. The fraction of sp³-hybridized carbons (Fsp3) is 0.588. The number of piperidine rings is 1. The smallest absolute Gasteiger partial charge is 0.306 e. The van der Waals surface area contributed by atoms with Gasteiger partial charge in [-0.15, -0.1) is 0 Å². The second-order valence-electron chi connectivity index (χ2n) is 6.36. The Morgan fingerprint density at radius 1 is 1.10 bits per heavy atom. The van der Waals surface area contributed by atoms with Gasteiger partial charge in [0.15, 0.2) is 0 Å². The molecule has 3 nitrogen and oxygen atoms in total. The minimum absolute atomic E-state index is 0.148. The zero-order valence-electron chi connectivity index (χ0n) is 12.2. The van der Waals surface area contributed by atoms with E-state index in [-0.39, 0.29) is 11.7 Å². The van der Waals surface area contributed by atoms with Gasteiger partial charge in [-0.3, -0.25) is 4.79 Å². The molecule has 1 aliphatic heterocycles. The Bertz CT molecular complexity index is 494. The van der Waals surface area contributed by atoms with Crippen LogP contribution >= 0.6 is 0 Å². The number of aliphatic carboxylic acids is 1. The third kappa shape index (κ3) is 3.26. The molecule has 3 rings (SSSR count). The molecule has 1 heterocycles. The third-order valence-corrected chi connectivity index (χ3v) is 5.14. The predicted molar refractivity (Wildman–Crippen MR) is 78.7 cm³/mol. The standard InChI is InChI=1S/C17H22FNO2/c18-15-4-1-12(2-5-15)13-7-9-19(10-8-13)16-6-3-14(11-16)17(20)21/h1-2,4-5,13-14,16H,3,6-11H2,(H,20,21)/t14-,16+/m0/s1. The summed E-state index contributed by atoms with van der Waals surface area (Å²) in [6.07, 6.45) is 4.80. The molecule has 2 atom stereocenters. The van der Waals surface area contributed by atoms with Crippen LogP contribution in [0.15, 0.2) is 24.3 Å². The van der Waals surface area contributed by atoms with Crippen molar-refractivity contribution in [3.8, 4) is 0 Å². The molecule has 0 bridgehead atoms. The molecule has 0 aromatic heterocycles. The summed E-state index contributed by atoms with van der Waals surface area (Å²) in [5.74, 6) is -0.455. The minimum Gasteiger partial charge on any atom is -0.481 e. The Kier molecular flexibility index (Phi) is 4.24. The van der Waals surface area contributed by atoms with Crippen LogP contribution in [-0.4, -0.2) is 35.1 Å². The number of carboxylic acid groups (broad SMARTS) is 1. The van der Waals surface area contributed by atoms with Gasteiger partial charge in [-0.25, -0.2) is 4.39 Å². The number of hydrogen-bond donors (Lipinski definition) is 1. The second kappa shape index (κ2) is 6.14. The molecule has 0 radical (unpaired) electrons. The molecule has 1 saturated carbocycles. The highest BCUT2D eigenvalue weighted by molar-refractivity contribution is 5.70. The Hall–Kier alpha value is -1.42. The lowest BCUT2D eigenvalue weighted by atomic mass is 9.88. The summed E-state index contributed by atoms with van der Waals surface area (Å²) in [7, 11) is 0. The van der Waals surface area contributed by atoms with E-state index in [4.69, 9.17) is 5.11 Å². The Balaban J connectivity index is 1.53. The van der Waals surface area contributed by atoms with Crippen LogP contribution < -0.4 is 0 Å². The van der Waals surface area contributed by atoms with Crippen LogP contribution in [0.3, 0.4) is 0 Å². The van der Waals surface area contributed by atoms with Crippen molar-refractivity contribution in [1.82, 2.24) is 4.90 Å². The van der Waals surface area contributed by atoms with Crippen molar-refractivity contribution in [2.45, 2.75) is 44.1 Å². The van der Waals surface area contributed by atoms with E-state index in [1.807, 2.05) is 12.1 Å². The summed E-state index contributed by atoms with van der Waals surface area (Å²) in [5.41, 5.74) is 1.23. The van der Waals surface area contributed by atoms with E-state index in [2.05, 4.69) is 4.90 Å². The molecule has 0 unspecified atom stereocenters. The van der Waals surface area contributed by atoms with Crippen molar-refractivity contribution in [2.75, 3.05) is 13.1 Å². The zero-order valence-corrected chi connectivity index (χ0v) is 12.2. The molecular formula is C17H22FNO2. The number of halogens is 1. The second-order valence-corrected chi connectivity index (χ2v) is 6.36. The first-order valence-electron chi connectivity index (χ1n) is 7.86. The highest BCUT2D eigenvalue weighted by Gasteiger charge is 2.34. The van der Waals surface area contributed by atoms with Crippen LogP contribution in [0.2, 0.25) is 0 Å². The van der Waals surface area contributed by atoms with Crippen LogP contribution in [0.4, 0.5) is 4.39 Å². The number of likely N-dealkylation sites (tertiary alicyclic amines) is 1. The lowest BCUT2D eigenvalue weighted by Gasteiger charge is -2.36. The monoisotopic (exact) mass is 291 g/mol. The Morgan fingerprint density at radius 3 is 2.33 bits per heavy atom. The van der Waals surface area contributed by atoms with Crippen molar-refractivity contribution < 1.29 is 14.3 Å². The van der Waals surface area contributed by atoms with Crippen molar-refractivity contribution in [1.29, 1.82) is 0 Å². The fourth-order valence-corrected chi connectivity index (χ4v) is 3.85. The predicted octanol–water partition coefficient (Wildman–Crippen LogP) is 3.26. The van der Waals surface area contributed by atoms with Crippen molar-refractivity contribution >= 4 is 5.97 Å². The average Bonchev–Trinajstić information content (AvgIpc) is 2.98. The summed E-state index contributed by atoms with van der Waals surface area (Å²) in [6, 6.07) is 7.31. The van der Waals surface area contributed by atoms with Crippen LogP contribution in [-0.2, 0) is 4.79 Å². The van der Waals surface area contributed by atoms with E-state index in [1.165, 1.54) is 17.7 Å². The molecule has 2 aliphatic rings. The molecule has 1 aromatic carbocycles. The quantitative estimate of drug-likeness (QED) is 0.929. The zero-order chi connectivity index (χ0) is 14.8. The number of rotatable bonds is 3. The summed E-state index contributed by atoms with van der Waals surface area (Å²) in [5, 5.41) is 9.09. The Labute approximate surface area is 124 Å². The van der Waals surface area contributed by atoms with Crippen molar-refractivity contribution in [3.05, 3.63) is 35.6 Å². The summed E-state index contributed by atoms with van der Waals surface area (Å²) in [6.45, 7) is 2.05. The molecule has 1 aliphatic carbocycles. The van der Waals surface area contributed by atoms with Gasteiger partial charge in [0.2, 0.25) is 0 Å². The van der Waals surface area contributed by atoms with Crippen LogP contribution in [0, 0.1) is 11.7 Å². The van der Waals surface area contributed by atoms with Gasteiger partial charge in [-0.05, 0) is 68.8 Å². The van der Waals surface area contributed by atoms with Crippen LogP contribution in [0.25, 0.3) is 0 Å². The van der Waals surface area contributed by atoms with E-state index in [0.29, 0.717) is 12.0 Å². The van der Waals surface area contributed by atoms with Crippen LogP contribution in [0.1, 0.15) is 43.6 Å². The van der Waals surface area contributed by atoms with Gasteiger partial charge in [-0.1, -0.05) is 12.1 Å². The van der Waals surface area contributed by atoms with E-state index < -0.39 is 5.97 Å². The molecule has 4 heteroatoms. The first-order chi connectivity index (χ1) is 10.1. The minimum atomic E-state index is -0.640. The molecule has 1 N–H and O–H groups in total. The van der Waals surface area contributed by atoms with Gasteiger partial charge in [-0.2, -0.15) is 0 Å². The third-order valence-electron chi connectivity index (χ3n) is 5.14. The summed E-state index contributed by atoms with van der Waals surface area (Å²) >= 11 is 0. The van der Waals surface area contributed by atoms with Gasteiger partial charge in [0.1, 0.15) is 5.82 Å². The van der Waals surface area contributed by atoms with Gasteiger partial charge in [0.05, 0.1) is 5.92 Å². The number of nitrogens with zero attached hydrogens (tertiary/aromatic N) is 1. The maximum Gasteiger partial charge on any atom is 0.306 e. The normalized spacial score (nSPS) is 27.9. The Morgan fingerprint density at radius 2 is 1.76 bits per heavy atom. The maximum atomic E-state index is 13.0. The average molecular weight is 291 g/mol. The number of carbonyl (C=O) groups is 1. The molecule has 114 valence electrons. The molecule has 0 spiro atoms. The molecule has 0 amide bonds. The lowest BCUT2D eigenvalue weighted by molar-refractivity contribution is -0.141. The van der Waals surface area contributed by atoms with Gasteiger partial charge in [0.25, 0.3) is 0 Å². The molecule has 21 heavy (non-hydrogen) atoms. The first-order valence-corrected chi connectivity index (χ1v) is 7.86. The summed E-state index contributed by atoms with van der Waals surface area (Å²) in [4.78, 5) is 13.5. The first kappa shape index (κ1) is 14.5.